The molecule has 2 unspecified atom stereocenters. The summed E-state index contributed by atoms with van der Waals surface area (Å²) in [6, 6.07) is -0.880. The Kier molecular flexibility index (Phi) is 9.36. The largest absolute Gasteiger partial charge is 0.480 e. The summed E-state index contributed by atoms with van der Waals surface area (Å²) in [6.45, 7) is 4.31. The minimum absolute atomic E-state index is 0.0535. The van der Waals surface area contributed by atoms with Gasteiger partial charge in [0.25, 0.3) is 0 Å². The zero-order chi connectivity index (χ0) is 15.5. The van der Waals surface area contributed by atoms with E-state index in [2.05, 4.69) is 17.6 Å². The molecule has 0 rings (SSSR count). The van der Waals surface area contributed by atoms with Crippen LogP contribution in [0.3, 0.4) is 0 Å². The molecule has 0 fully saturated rings. The summed E-state index contributed by atoms with van der Waals surface area (Å²) in [6.07, 6.45) is 3.69. The lowest BCUT2D eigenvalue weighted by Crippen LogP contribution is -2.43. The number of nitrogens with two attached hydrogens (primary N) is 1. The predicted octanol–water partition coefficient (Wildman–Crippen LogP) is 0.645. The molecule has 0 spiro atoms. The molecule has 6 N–H and O–H groups in total. The smallest absolute Gasteiger partial charge is 0.320 e. The number of amides is 1. The van der Waals surface area contributed by atoms with Crippen molar-refractivity contribution in [2.24, 2.45) is 11.7 Å². The molecule has 116 valence electrons. The van der Waals surface area contributed by atoms with Gasteiger partial charge in [0.1, 0.15) is 6.04 Å². The Morgan fingerprint density at radius 2 is 1.95 bits per heavy atom. The first-order chi connectivity index (χ1) is 9.38. The van der Waals surface area contributed by atoms with Gasteiger partial charge in [0, 0.05) is 12.5 Å². The van der Waals surface area contributed by atoms with Gasteiger partial charge in [-0.25, -0.2) is 0 Å². The summed E-state index contributed by atoms with van der Waals surface area (Å²) in [5, 5.41) is 21.4. The summed E-state index contributed by atoms with van der Waals surface area (Å²) < 4.78 is 0. The first-order valence-corrected chi connectivity index (χ1v) is 7.00. The number of carboxylic acid groups (broad SMARTS) is 1. The van der Waals surface area contributed by atoms with Crippen LogP contribution in [-0.2, 0) is 9.59 Å². The highest BCUT2D eigenvalue weighted by Crippen LogP contribution is 2.06. The Balaban J connectivity index is 3.77. The normalized spacial score (nSPS) is 13.3. The number of unbranched alkanes of at least 4 members (excludes halogenated alkanes) is 1. The summed E-state index contributed by atoms with van der Waals surface area (Å²) in [7, 11) is 0. The van der Waals surface area contributed by atoms with Crippen molar-refractivity contribution in [3.63, 3.8) is 0 Å². The number of hydrogen-bond donors (Lipinski definition) is 5. The first kappa shape index (κ1) is 18.4. The lowest BCUT2D eigenvalue weighted by Gasteiger charge is -2.13. The highest BCUT2D eigenvalue weighted by Gasteiger charge is 2.14. The summed E-state index contributed by atoms with van der Waals surface area (Å²) in [5.41, 5.74) is 5.35. The summed E-state index contributed by atoms with van der Waals surface area (Å²) in [4.78, 5) is 22.2. The Morgan fingerprint density at radius 3 is 2.50 bits per heavy atom. The van der Waals surface area contributed by atoms with Crippen LogP contribution >= 0.6 is 0 Å². The Bertz CT molecular complexity index is 334. The van der Waals surface area contributed by atoms with E-state index in [1.807, 2.05) is 6.92 Å². The average Bonchev–Trinajstić information content (AvgIpc) is 2.40. The third-order valence-corrected chi connectivity index (χ3v) is 3.00. The first-order valence-electron chi connectivity index (χ1n) is 7.00. The number of guanidine groups is 1. The van der Waals surface area contributed by atoms with Gasteiger partial charge in [-0.15, -0.1) is 0 Å². The molecule has 0 aromatic rings. The van der Waals surface area contributed by atoms with Crippen molar-refractivity contribution in [1.29, 1.82) is 5.41 Å². The SMILES string of the molecule is CCCCC(C)C(=O)NC(=N)NCCCC(N)C(=O)O. The van der Waals surface area contributed by atoms with E-state index >= 15 is 0 Å². The van der Waals surface area contributed by atoms with Gasteiger partial charge in [-0.2, -0.15) is 0 Å². The number of hydrogen-bond acceptors (Lipinski definition) is 4. The van der Waals surface area contributed by atoms with E-state index in [4.69, 9.17) is 16.2 Å². The molecule has 0 bridgehead atoms. The Hall–Kier alpha value is -1.63. The fraction of sp³-hybridized carbons (Fsp3) is 0.769. The van der Waals surface area contributed by atoms with Gasteiger partial charge < -0.3 is 16.2 Å². The standard InChI is InChI=1S/C13H26N4O3/c1-3-4-6-9(2)11(18)17-13(15)16-8-5-7-10(14)12(19)20/h9-10H,3-8,14H2,1-2H3,(H,19,20)(H3,15,16,17,18). The molecule has 2 atom stereocenters. The third-order valence-electron chi connectivity index (χ3n) is 3.00. The van der Waals surface area contributed by atoms with E-state index in [1.54, 1.807) is 0 Å². The van der Waals surface area contributed by atoms with Crippen LogP contribution in [0.2, 0.25) is 0 Å². The molecule has 0 radical (unpaired) electrons. The molecule has 0 aliphatic rings. The highest BCUT2D eigenvalue weighted by molar-refractivity contribution is 5.96. The summed E-state index contributed by atoms with van der Waals surface area (Å²) >= 11 is 0. The molecule has 0 aliphatic carbocycles. The highest BCUT2D eigenvalue weighted by atomic mass is 16.4. The van der Waals surface area contributed by atoms with E-state index in [0.717, 1.165) is 19.3 Å². The van der Waals surface area contributed by atoms with Crippen molar-refractivity contribution >= 4 is 17.8 Å². The molecule has 0 saturated heterocycles. The van der Waals surface area contributed by atoms with Crippen molar-refractivity contribution in [1.82, 2.24) is 10.6 Å². The van der Waals surface area contributed by atoms with Crippen molar-refractivity contribution in [3.8, 4) is 0 Å². The second kappa shape index (κ2) is 10.2. The topological polar surface area (TPSA) is 128 Å². The van der Waals surface area contributed by atoms with Gasteiger partial charge in [-0.05, 0) is 19.3 Å². The van der Waals surface area contributed by atoms with E-state index in [0.29, 0.717) is 19.4 Å². The molecule has 0 saturated carbocycles. The van der Waals surface area contributed by atoms with Crippen LogP contribution in [-0.4, -0.2) is 35.5 Å². The van der Waals surface area contributed by atoms with Crippen LogP contribution in [0.15, 0.2) is 0 Å². The number of carbonyl (C=O) groups is 2. The zero-order valence-electron chi connectivity index (χ0n) is 12.2. The van der Waals surface area contributed by atoms with Crippen LogP contribution in [0.1, 0.15) is 46.0 Å². The van der Waals surface area contributed by atoms with E-state index in [-0.39, 0.29) is 17.8 Å². The lowest BCUT2D eigenvalue weighted by molar-refractivity contribution is -0.138. The molecular formula is C13H26N4O3. The van der Waals surface area contributed by atoms with Crippen LogP contribution in [0.25, 0.3) is 0 Å². The molecule has 0 heterocycles. The number of carboxylic acids is 1. The minimum atomic E-state index is -1.03. The number of nitrogens with one attached hydrogen (secondary N) is 3. The average molecular weight is 286 g/mol. The molecule has 7 nitrogen and oxygen atoms in total. The number of carbonyl (C=O) groups excluding carboxylic acids is 1. The molecule has 20 heavy (non-hydrogen) atoms. The predicted molar refractivity (Wildman–Crippen MR) is 77.4 cm³/mol. The monoisotopic (exact) mass is 286 g/mol. The quantitative estimate of drug-likeness (QED) is 0.241. The van der Waals surface area contributed by atoms with Crippen LogP contribution in [0.5, 0.6) is 0 Å². The van der Waals surface area contributed by atoms with Crippen molar-refractivity contribution in [2.45, 2.75) is 52.0 Å². The maximum Gasteiger partial charge on any atom is 0.320 e. The molecule has 1 amide bonds. The van der Waals surface area contributed by atoms with Gasteiger partial charge >= 0.3 is 5.97 Å². The van der Waals surface area contributed by atoms with Gasteiger partial charge in [0.2, 0.25) is 5.91 Å². The molecule has 0 aliphatic heterocycles. The van der Waals surface area contributed by atoms with Gasteiger partial charge in [0.05, 0.1) is 0 Å². The maximum atomic E-state index is 11.7. The second-order valence-electron chi connectivity index (χ2n) is 4.92. The van der Waals surface area contributed by atoms with Gasteiger partial charge in [-0.3, -0.25) is 20.3 Å². The Labute approximate surface area is 119 Å². The van der Waals surface area contributed by atoms with Gasteiger partial charge in [-0.1, -0.05) is 26.7 Å². The third kappa shape index (κ3) is 8.47. The summed E-state index contributed by atoms with van der Waals surface area (Å²) in [5.74, 6) is -1.36. The van der Waals surface area contributed by atoms with Crippen LogP contribution in [0, 0.1) is 11.3 Å². The molecule has 0 aromatic carbocycles. The van der Waals surface area contributed by atoms with Crippen molar-refractivity contribution in [3.05, 3.63) is 0 Å². The van der Waals surface area contributed by atoms with E-state index in [9.17, 15) is 9.59 Å². The van der Waals surface area contributed by atoms with Crippen LogP contribution < -0.4 is 16.4 Å². The lowest BCUT2D eigenvalue weighted by atomic mass is 10.0. The van der Waals surface area contributed by atoms with Crippen molar-refractivity contribution in [2.75, 3.05) is 6.54 Å². The van der Waals surface area contributed by atoms with Gasteiger partial charge in [0.15, 0.2) is 5.96 Å². The fourth-order valence-corrected chi connectivity index (χ4v) is 1.59. The second-order valence-corrected chi connectivity index (χ2v) is 4.92. The molecule has 0 aromatic heterocycles. The zero-order valence-corrected chi connectivity index (χ0v) is 12.2. The molecule has 7 heteroatoms. The number of aliphatic carboxylic acids is 1. The minimum Gasteiger partial charge on any atom is -0.480 e. The molecular weight excluding hydrogens is 260 g/mol. The Morgan fingerprint density at radius 1 is 1.30 bits per heavy atom. The number of rotatable bonds is 9. The van der Waals surface area contributed by atoms with Crippen LogP contribution in [0.4, 0.5) is 0 Å². The van der Waals surface area contributed by atoms with Crippen molar-refractivity contribution < 1.29 is 14.7 Å². The van der Waals surface area contributed by atoms with E-state index in [1.165, 1.54) is 0 Å². The van der Waals surface area contributed by atoms with E-state index < -0.39 is 12.0 Å². The fourth-order valence-electron chi connectivity index (χ4n) is 1.59. The maximum absolute atomic E-state index is 11.7.